The number of para-hydroxylation sites is 1. The molecule has 3 heterocycles. The van der Waals surface area contributed by atoms with Gasteiger partial charge in [-0.15, -0.1) is 12.4 Å². The van der Waals surface area contributed by atoms with Crippen molar-refractivity contribution in [2.45, 2.75) is 38.6 Å². The van der Waals surface area contributed by atoms with Crippen LogP contribution in [0.2, 0.25) is 0 Å². The average molecular weight is 407 g/mol. The third kappa shape index (κ3) is 4.13. The molecule has 154 valence electrons. The fourth-order valence-corrected chi connectivity index (χ4v) is 4.64. The van der Waals surface area contributed by atoms with E-state index in [0.717, 1.165) is 65.0 Å². The second-order valence-electron chi connectivity index (χ2n) is 7.95. The summed E-state index contributed by atoms with van der Waals surface area (Å²) >= 11 is 0. The fourth-order valence-electron chi connectivity index (χ4n) is 4.64. The van der Waals surface area contributed by atoms with E-state index >= 15 is 0 Å². The number of carbonyl (C=O) groups excluding carboxylic acids is 2. The molecule has 1 atom stereocenters. The van der Waals surface area contributed by atoms with Gasteiger partial charge in [0.05, 0.1) is 0 Å². The highest BCUT2D eigenvalue weighted by Gasteiger charge is 2.45. The molecule has 3 amide bonds. The molecule has 28 heavy (non-hydrogen) atoms. The van der Waals surface area contributed by atoms with Crippen molar-refractivity contribution in [1.29, 1.82) is 0 Å². The molecule has 6 nitrogen and oxygen atoms in total. The van der Waals surface area contributed by atoms with Crippen LogP contribution in [0, 0.1) is 6.92 Å². The number of amides is 3. The maximum atomic E-state index is 12.5. The van der Waals surface area contributed by atoms with Crippen molar-refractivity contribution in [1.82, 2.24) is 14.7 Å². The number of nitrogens with zero attached hydrogens (tertiary/aromatic N) is 4. The lowest BCUT2D eigenvalue weighted by molar-refractivity contribution is -0.128. The number of aryl methyl sites for hydroxylation is 1. The Labute approximate surface area is 173 Å². The van der Waals surface area contributed by atoms with Crippen LogP contribution in [-0.2, 0) is 4.79 Å². The molecule has 7 heteroatoms. The number of halogens is 1. The molecular weight excluding hydrogens is 376 g/mol. The maximum absolute atomic E-state index is 12.5. The van der Waals surface area contributed by atoms with Gasteiger partial charge in [0.25, 0.3) is 5.91 Å². The Balaban J connectivity index is 0.00000225. The molecule has 0 radical (unpaired) electrons. The van der Waals surface area contributed by atoms with E-state index in [2.05, 4.69) is 41.0 Å². The monoisotopic (exact) mass is 406 g/mol. The van der Waals surface area contributed by atoms with Crippen molar-refractivity contribution in [2.75, 3.05) is 50.7 Å². The number of anilines is 1. The zero-order valence-corrected chi connectivity index (χ0v) is 17.5. The summed E-state index contributed by atoms with van der Waals surface area (Å²) in [6.45, 7) is 8.54. The summed E-state index contributed by atoms with van der Waals surface area (Å²) in [5.74, 6) is 0.0315. The highest BCUT2D eigenvalue weighted by atomic mass is 35.5. The van der Waals surface area contributed by atoms with Gasteiger partial charge in [-0.25, -0.2) is 4.79 Å². The van der Waals surface area contributed by atoms with Gasteiger partial charge in [0.15, 0.2) is 0 Å². The molecule has 0 bridgehead atoms. The van der Waals surface area contributed by atoms with Crippen LogP contribution >= 0.6 is 12.4 Å². The molecule has 0 aliphatic carbocycles. The first-order valence-electron chi connectivity index (χ1n) is 10.3. The number of rotatable bonds is 5. The lowest BCUT2D eigenvalue weighted by Gasteiger charge is -2.37. The highest BCUT2D eigenvalue weighted by molar-refractivity contribution is 6.04. The van der Waals surface area contributed by atoms with Gasteiger partial charge >= 0.3 is 6.03 Å². The van der Waals surface area contributed by atoms with Crippen LogP contribution in [0.25, 0.3) is 0 Å². The second-order valence-corrected chi connectivity index (χ2v) is 7.95. The van der Waals surface area contributed by atoms with Crippen molar-refractivity contribution < 1.29 is 9.59 Å². The van der Waals surface area contributed by atoms with E-state index < -0.39 is 0 Å². The zero-order valence-electron chi connectivity index (χ0n) is 16.7. The number of piperazine rings is 1. The first-order valence-corrected chi connectivity index (χ1v) is 10.3. The van der Waals surface area contributed by atoms with Gasteiger partial charge in [-0.3, -0.25) is 14.6 Å². The number of urea groups is 1. The Bertz CT molecular complexity index is 681. The van der Waals surface area contributed by atoms with Gasteiger partial charge in [0.2, 0.25) is 0 Å². The van der Waals surface area contributed by atoms with Gasteiger partial charge in [0, 0.05) is 45.0 Å². The largest absolute Gasteiger partial charge is 0.369 e. The van der Waals surface area contributed by atoms with Crippen molar-refractivity contribution >= 4 is 30.0 Å². The zero-order chi connectivity index (χ0) is 18.8. The van der Waals surface area contributed by atoms with E-state index in [1.54, 1.807) is 4.90 Å². The molecule has 0 N–H and O–H groups in total. The highest BCUT2D eigenvalue weighted by Crippen LogP contribution is 2.26. The number of benzene rings is 1. The SMILES string of the molecule is Cc1ccccc1N1CCN(CCCN2C(=O)C3CCCCN3C2=O)CC1.Cl. The number of imide groups is 1. The first kappa shape index (κ1) is 20.9. The maximum Gasteiger partial charge on any atom is 0.327 e. The standard InChI is InChI=1S/C21H30N4O2.ClH/c1-17-7-2-3-8-18(17)23-15-13-22(14-16-23)10-6-12-25-20(26)19-9-4-5-11-24(19)21(25)27;/h2-3,7-8,19H,4-6,9-16H2,1H3;1H. The Kier molecular flexibility index (Phi) is 6.83. The molecular formula is C21H31ClN4O2. The molecule has 1 unspecified atom stereocenters. The molecule has 3 aliphatic heterocycles. The van der Waals surface area contributed by atoms with Gasteiger partial charge in [-0.05, 0) is 50.8 Å². The molecule has 3 fully saturated rings. The smallest absolute Gasteiger partial charge is 0.327 e. The van der Waals surface area contributed by atoms with E-state index in [1.807, 2.05) is 0 Å². The summed E-state index contributed by atoms with van der Waals surface area (Å²) in [5.41, 5.74) is 2.66. The van der Waals surface area contributed by atoms with Crippen molar-refractivity contribution in [3.63, 3.8) is 0 Å². The van der Waals surface area contributed by atoms with E-state index in [4.69, 9.17) is 0 Å². The van der Waals surface area contributed by atoms with Crippen LogP contribution in [0.5, 0.6) is 0 Å². The topological polar surface area (TPSA) is 47.1 Å². The van der Waals surface area contributed by atoms with Crippen LogP contribution in [0.3, 0.4) is 0 Å². The predicted octanol–water partition coefficient (Wildman–Crippen LogP) is 2.75. The summed E-state index contributed by atoms with van der Waals surface area (Å²) < 4.78 is 0. The Morgan fingerprint density at radius 1 is 0.964 bits per heavy atom. The van der Waals surface area contributed by atoms with Crippen molar-refractivity contribution in [3.05, 3.63) is 29.8 Å². The first-order chi connectivity index (χ1) is 13.1. The van der Waals surface area contributed by atoms with Crippen LogP contribution in [-0.4, -0.2) is 78.5 Å². The third-order valence-corrected chi connectivity index (χ3v) is 6.21. The number of fused-ring (bicyclic) bond motifs is 1. The number of carbonyl (C=O) groups is 2. The van der Waals surface area contributed by atoms with E-state index in [1.165, 1.54) is 16.2 Å². The number of piperidine rings is 1. The van der Waals surface area contributed by atoms with Crippen molar-refractivity contribution in [3.8, 4) is 0 Å². The van der Waals surface area contributed by atoms with Gasteiger partial charge in [-0.1, -0.05) is 18.2 Å². The minimum Gasteiger partial charge on any atom is -0.369 e. The molecule has 3 saturated heterocycles. The molecule has 4 rings (SSSR count). The predicted molar refractivity (Wildman–Crippen MR) is 113 cm³/mol. The molecule has 0 aromatic heterocycles. The van der Waals surface area contributed by atoms with Crippen LogP contribution in [0.15, 0.2) is 24.3 Å². The second kappa shape index (κ2) is 9.14. The van der Waals surface area contributed by atoms with Gasteiger partial charge < -0.3 is 9.80 Å². The molecule has 3 aliphatic rings. The Hall–Kier alpha value is -1.79. The molecule has 1 aromatic rings. The summed E-state index contributed by atoms with van der Waals surface area (Å²) in [6.07, 6.45) is 3.78. The van der Waals surface area contributed by atoms with Gasteiger partial charge in [0.1, 0.15) is 6.04 Å². The number of hydrogen-bond donors (Lipinski definition) is 0. The minimum atomic E-state index is -0.177. The summed E-state index contributed by atoms with van der Waals surface area (Å²) in [6, 6.07) is 8.32. The van der Waals surface area contributed by atoms with Crippen LogP contribution in [0.4, 0.5) is 10.5 Å². The summed E-state index contributed by atoms with van der Waals surface area (Å²) in [7, 11) is 0. The average Bonchev–Trinajstić information content (AvgIpc) is 2.94. The number of hydrogen-bond acceptors (Lipinski definition) is 4. The quantitative estimate of drug-likeness (QED) is 0.705. The van der Waals surface area contributed by atoms with Crippen molar-refractivity contribution in [2.24, 2.45) is 0 Å². The van der Waals surface area contributed by atoms with E-state index in [9.17, 15) is 9.59 Å². The lowest BCUT2D eigenvalue weighted by Crippen LogP contribution is -2.47. The normalized spacial score (nSPS) is 23.0. The van der Waals surface area contributed by atoms with E-state index in [-0.39, 0.29) is 30.4 Å². The fraction of sp³-hybridized carbons (Fsp3) is 0.619. The third-order valence-electron chi connectivity index (χ3n) is 6.21. The minimum absolute atomic E-state index is 0. The summed E-state index contributed by atoms with van der Waals surface area (Å²) in [5, 5.41) is 0. The van der Waals surface area contributed by atoms with E-state index in [0.29, 0.717) is 6.54 Å². The van der Waals surface area contributed by atoms with Crippen LogP contribution < -0.4 is 4.90 Å². The molecule has 0 spiro atoms. The van der Waals surface area contributed by atoms with Gasteiger partial charge in [-0.2, -0.15) is 0 Å². The Morgan fingerprint density at radius 3 is 2.43 bits per heavy atom. The lowest BCUT2D eigenvalue weighted by atomic mass is 10.0. The summed E-state index contributed by atoms with van der Waals surface area (Å²) in [4.78, 5) is 33.2. The molecule has 1 aromatic carbocycles. The van der Waals surface area contributed by atoms with Crippen LogP contribution in [0.1, 0.15) is 31.2 Å². The Morgan fingerprint density at radius 2 is 1.71 bits per heavy atom. The molecule has 0 saturated carbocycles.